The first kappa shape index (κ1) is 21.7. The van der Waals surface area contributed by atoms with Gasteiger partial charge in [-0.3, -0.25) is 14.9 Å². The van der Waals surface area contributed by atoms with E-state index in [0.29, 0.717) is 23.1 Å². The van der Waals surface area contributed by atoms with Crippen LogP contribution in [-0.4, -0.2) is 47.9 Å². The van der Waals surface area contributed by atoms with Gasteiger partial charge in [-0.2, -0.15) is 0 Å². The molecule has 7 heteroatoms. The molecule has 1 aliphatic rings. The second-order valence-corrected chi connectivity index (χ2v) is 8.81. The fourth-order valence-corrected chi connectivity index (χ4v) is 3.54. The molecule has 1 fully saturated rings. The van der Waals surface area contributed by atoms with E-state index in [1.165, 1.54) is 0 Å². The lowest BCUT2D eigenvalue weighted by atomic mass is 9.91. The first-order chi connectivity index (χ1) is 13.0. The van der Waals surface area contributed by atoms with E-state index in [-0.39, 0.29) is 12.5 Å². The summed E-state index contributed by atoms with van der Waals surface area (Å²) in [6.07, 6.45) is 1.13. The molecule has 1 saturated heterocycles. The average molecular weight is 389 g/mol. The molecule has 4 amide bonds. The zero-order valence-corrected chi connectivity index (χ0v) is 17.5. The van der Waals surface area contributed by atoms with Gasteiger partial charge in [-0.1, -0.05) is 26.0 Å². The molecule has 1 aliphatic heterocycles. The van der Waals surface area contributed by atoms with E-state index in [4.69, 9.17) is 0 Å². The van der Waals surface area contributed by atoms with Crippen molar-refractivity contribution in [3.63, 3.8) is 0 Å². The largest absolute Gasteiger partial charge is 0.375 e. The number of piperidine rings is 1. The summed E-state index contributed by atoms with van der Waals surface area (Å²) in [4.78, 5) is 38.7. The van der Waals surface area contributed by atoms with Crippen LogP contribution in [0.4, 0.5) is 10.5 Å². The molecule has 0 aromatic heterocycles. The van der Waals surface area contributed by atoms with Crippen molar-refractivity contribution in [1.29, 1.82) is 0 Å². The number of amides is 4. The molecule has 1 heterocycles. The molecule has 0 unspecified atom stereocenters. The van der Waals surface area contributed by atoms with Crippen LogP contribution in [0.1, 0.15) is 51.4 Å². The summed E-state index contributed by atoms with van der Waals surface area (Å²) in [5.41, 5.74) is 0.694. The Morgan fingerprint density at radius 2 is 1.68 bits per heavy atom. The Labute approximate surface area is 167 Å². The predicted molar refractivity (Wildman–Crippen MR) is 110 cm³/mol. The summed E-state index contributed by atoms with van der Waals surface area (Å²) in [7, 11) is 0. The molecule has 0 aliphatic carbocycles. The Balaban J connectivity index is 1.99. The Hall–Kier alpha value is -2.57. The predicted octanol–water partition coefficient (Wildman–Crippen LogP) is 2.84. The number of likely N-dealkylation sites (tertiary alicyclic amines) is 1. The molecule has 0 spiro atoms. The van der Waals surface area contributed by atoms with Crippen molar-refractivity contribution in [2.24, 2.45) is 11.8 Å². The van der Waals surface area contributed by atoms with Crippen LogP contribution in [0.5, 0.6) is 0 Å². The molecule has 1 aromatic rings. The summed E-state index contributed by atoms with van der Waals surface area (Å²) in [5.74, 6) is 0.441. The molecule has 2 rings (SSSR count). The van der Waals surface area contributed by atoms with Crippen LogP contribution in [0.15, 0.2) is 24.3 Å². The Bertz CT molecular complexity index is 717. The van der Waals surface area contributed by atoms with E-state index in [1.807, 2.05) is 37.8 Å². The van der Waals surface area contributed by atoms with E-state index < -0.39 is 17.5 Å². The molecule has 3 N–H and O–H groups in total. The third-order valence-corrected chi connectivity index (χ3v) is 4.49. The van der Waals surface area contributed by atoms with Gasteiger partial charge in [0.05, 0.1) is 12.1 Å². The van der Waals surface area contributed by atoms with E-state index in [0.717, 1.165) is 19.5 Å². The minimum absolute atomic E-state index is 0.0348. The molecule has 2 atom stereocenters. The summed E-state index contributed by atoms with van der Waals surface area (Å²) in [5, 5.41) is 7.94. The number of hydrogen-bond donors (Lipinski definition) is 3. The SMILES string of the molecule is C[C@@H]1C[C@@H](C)CN(C(=O)c2ccccc2NCC(=O)NC(=O)NC(C)(C)C)C1. The van der Waals surface area contributed by atoms with Crippen molar-refractivity contribution < 1.29 is 14.4 Å². The number of urea groups is 1. The number of hydrogen-bond acceptors (Lipinski definition) is 4. The topological polar surface area (TPSA) is 90.5 Å². The van der Waals surface area contributed by atoms with Crippen LogP contribution in [0.3, 0.4) is 0 Å². The van der Waals surface area contributed by atoms with Crippen LogP contribution in [0.25, 0.3) is 0 Å². The molecule has 7 nitrogen and oxygen atoms in total. The van der Waals surface area contributed by atoms with Gasteiger partial charge >= 0.3 is 6.03 Å². The van der Waals surface area contributed by atoms with Crippen LogP contribution in [-0.2, 0) is 4.79 Å². The van der Waals surface area contributed by atoms with Gasteiger partial charge in [0, 0.05) is 24.3 Å². The van der Waals surface area contributed by atoms with Crippen molar-refractivity contribution in [2.45, 2.75) is 46.6 Å². The molecule has 154 valence electrons. The van der Waals surface area contributed by atoms with Gasteiger partial charge in [-0.25, -0.2) is 4.79 Å². The maximum absolute atomic E-state index is 13.0. The molecular weight excluding hydrogens is 356 g/mol. The number of nitrogens with zero attached hydrogens (tertiary/aromatic N) is 1. The molecule has 0 saturated carbocycles. The quantitative estimate of drug-likeness (QED) is 0.740. The van der Waals surface area contributed by atoms with Gasteiger partial charge in [0.25, 0.3) is 5.91 Å². The second kappa shape index (κ2) is 9.08. The van der Waals surface area contributed by atoms with E-state index in [9.17, 15) is 14.4 Å². The zero-order valence-electron chi connectivity index (χ0n) is 17.5. The maximum atomic E-state index is 13.0. The van der Waals surface area contributed by atoms with Crippen LogP contribution >= 0.6 is 0 Å². The Morgan fingerprint density at radius 3 is 2.29 bits per heavy atom. The number of anilines is 1. The lowest BCUT2D eigenvalue weighted by molar-refractivity contribution is -0.118. The number of carbonyl (C=O) groups excluding carboxylic acids is 3. The Morgan fingerprint density at radius 1 is 1.07 bits per heavy atom. The van der Waals surface area contributed by atoms with Crippen molar-refractivity contribution in [2.75, 3.05) is 25.0 Å². The highest BCUT2D eigenvalue weighted by atomic mass is 16.2. The van der Waals surface area contributed by atoms with Gasteiger partial charge in [-0.05, 0) is 51.2 Å². The second-order valence-electron chi connectivity index (χ2n) is 8.81. The molecular formula is C21H32N4O3. The molecule has 1 aromatic carbocycles. The number of rotatable bonds is 4. The maximum Gasteiger partial charge on any atom is 0.321 e. The third-order valence-electron chi connectivity index (χ3n) is 4.49. The van der Waals surface area contributed by atoms with Gasteiger partial charge < -0.3 is 15.5 Å². The summed E-state index contributed by atoms with van der Waals surface area (Å²) >= 11 is 0. The number of nitrogens with one attached hydrogen (secondary N) is 3. The Kier molecular flexibility index (Phi) is 7.05. The number of carbonyl (C=O) groups is 3. The monoisotopic (exact) mass is 388 g/mol. The van der Waals surface area contributed by atoms with Gasteiger partial charge in [0.2, 0.25) is 5.91 Å². The van der Waals surface area contributed by atoms with Crippen molar-refractivity contribution in [1.82, 2.24) is 15.5 Å². The lowest BCUT2D eigenvalue weighted by Crippen LogP contribution is -2.49. The third kappa shape index (κ3) is 6.55. The smallest absolute Gasteiger partial charge is 0.321 e. The highest BCUT2D eigenvalue weighted by Crippen LogP contribution is 2.24. The fourth-order valence-electron chi connectivity index (χ4n) is 3.54. The van der Waals surface area contributed by atoms with Crippen LogP contribution in [0, 0.1) is 11.8 Å². The van der Waals surface area contributed by atoms with E-state index in [1.54, 1.807) is 12.1 Å². The highest BCUT2D eigenvalue weighted by Gasteiger charge is 2.27. The summed E-state index contributed by atoms with van der Waals surface area (Å²) < 4.78 is 0. The molecule has 28 heavy (non-hydrogen) atoms. The zero-order chi connectivity index (χ0) is 20.9. The summed E-state index contributed by atoms with van der Waals surface area (Å²) in [6.45, 7) is 11.2. The van der Waals surface area contributed by atoms with Crippen molar-refractivity contribution >= 4 is 23.5 Å². The normalized spacial score (nSPS) is 19.7. The minimum Gasteiger partial charge on any atom is -0.375 e. The van der Waals surface area contributed by atoms with Crippen molar-refractivity contribution in [3.8, 4) is 0 Å². The standard InChI is InChI=1S/C21H32N4O3/c1-14-10-15(2)13-25(12-14)19(27)16-8-6-7-9-17(16)22-11-18(26)23-20(28)24-21(3,4)5/h6-9,14-15,22H,10-13H2,1-5H3,(H2,23,24,26,28)/t14-,15-/m1/s1. The lowest BCUT2D eigenvalue weighted by Gasteiger charge is -2.35. The molecule has 0 radical (unpaired) electrons. The van der Waals surface area contributed by atoms with Gasteiger partial charge in [0.15, 0.2) is 0 Å². The van der Waals surface area contributed by atoms with Crippen molar-refractivity contribution in [3.05, 3.63) is 29.8 Å². The first-order valence-electron chi connectivity index (χ1n) is 9.79. The van der Waals surface area contributed by atoms with E-state index in [2.05, 4.69) is 29.8 Å². The highest BCUT2D eigenvalue weighted by molar-refractivity contribution is 6.01. The number of imide groups is 1. The van der Waals surface area contributed by atoms with Crippen LogP contribution < -0.4 is 16.0 Å². The van der Waals surface area contributed by atoms with Gasteiger partial charge in [0.1, 0.15) is 0 Å². The fraction of sp³-hybridized carbons (Fsp3) is 0.571. The first-order valence-corrected chi connectivity index (χ1v) is 9.79. The minimum atomic E-state index is -0.542. The number of para-hydroxylation sites is 1. The van der Waals surface area contributed by atoms with E-state index >= 15 is 0 Å². The average Bonchev–Trinajstić information content (AvgIpc) is 2.57. The summed E-state index contributed by atoms with van der Waals surface area (Å²) in [6, 6.07) is 6.61. The van der Waals surface area contributed by atoms with Gasteiger partial charge in [-0.15, -0.1) is 0 Å². The number of benzene rings is 1. The van der Waals surface area contributed by atoms with Crippen LogP contribution in [0.2, 0.25) is 0 Å². The molecule has 0 bridgehead atoms.